The molecule has 0 amide bonds. The van der Waals surface area contributed by atoms with E-state index in [9.17, 15) is 0 Å². The molecule has 0 aliphatic carbocycles. The van der Waals surface area contributed by atoms with Crippen molar-refractivity contribution in [3.8, 4) is 0 Å². The molecule has 0 aromatic heterocycles. The second-order valence-electron chi connectivity index (χ2n) is 5.56. The predicted molar refractivity (Wildman–Crippen MR) is 88.0 cm³/mol. The second kappa shape index (κ2) is 11.5. The molecule has 0 spiro atoms. The molecule has 138 valence electrons. The normalized spacial score (nSPS) is 23.9. The van der Waals surface area contributed by atoms with Gasteiger partial charge in [-0.3, -0.25) is 0 Å². The summed E-state index contributed by atoms with van der Waals surface area (Å²) in [4.78, 5) is 0. The molecule has 2 saturated heterocycles. The fraction of sp³-hybridized carbons (Fsp3) is 1.00. The first kappa shape index (κ1) is 20.9. The molecule has 0 radical (unpaired) electrons. The van der Waals surface area contributed by atoms with E-state index in [1.165, 1.54) is 0 Å². The summed E-state index contributed by atoms with van der Waals surface area (Å²) < 4.78 is 30.9. The molecule has 2 aliphatic rings. The number of hydrogen-bond donors (Lipinski definition) is 2. The quantitative estimate of drug-likeness (QED) is 0.279. The van der Waals surface area contributed by atoms with Crippen molar-refractivity contribution >= 4 is 8.80 Å². The van der Waals surface area contributed by atoms with Crippen molar-refractivity contribution in [2.75, 3.05) is 54.3 Å². The summed E-state index contributed by atoms with van der Waals surface area (Å²) >= 11 is 0. The SMILES string of the molecule is C(OCC1CO1)C1CO1.CO[Si](OC)(OC)C(N)CCCCN. The van der Waals surface area contributed by atoms with Gasteiger partial charge in [0.2, 0.25) is 0 Å². The van der Waals surface area contributed by atoms with Crippen molar-refractivity contribution in [3.63, 3.8) is 0 Å². The Morgan fingerprint density at radius 3 is 1.83 bits per heavy atom. The van der Waals surface area contributed by atoms with Crippen LogP contribution in [0.4, 0.5) is 0 Å². The highest BCUT2D eigenvalue weighted by Crippen LogP contribution is 2.15. The maximum absolute atomic E-state index is 5.97. The standard InChI is InChI=1S/C8H22N2O3Si.C6H10O3/c1-11-14(12-2,13-3)8(10)6-4-5-7-9;1(5-3-8-5)7-2-6-4-9-6/h8H,4-7,9-10H2,1-3H3;5-6H,1-4H2. The third kappa shape index (κ3) is 8.52. The lowest BCUT2D eigenvalue weighted by Crippen LogP contribution is -2.58. The third-order valence-electron chi connectivity index (χ3n) is 3.69. The van der Waals surface area contributed by atoms with Crippen LogP contribution in [0.1, 0.15) is 19.3 Å². The summed E-state index contributed by atoms with van der Waals surface area (Å²) in [6.07, 6.45) is 3.55. The highest BCUT2D eigenvalue weighted by Gasteiger charge is 2.44. The summed E-state index contributed by atoms with van der Waals surface area (Å²) in [5.74, 6) is 0. The fourth-order valence-corrected chi connectivity index (χ4v) is 4.01. The van der Waals surface area contributed by atoms with E-state index in [1.807, 2.05) is 0 Å². The van der Waals surface area contributed by atoms with Gasteiger partial charge in [-0.2, -0.15) is 0 Å². The first-order valence-corrected chi connectivity index (χ1v) is 9.84. The lowest BCUT2D eigenvalue weighted by molar-refractivity contribution is 0.102. The summed E-state index contributed by atoms with van der Waals surface area (Å²) in [7, 11) is 2.08. The molecule has 0 saturated carbocycles. The summed E-state index contributed by atoms with van der Waals surface area (Å²) in [6.45, 7) is 3.95. The first-order chi connectivity index (χ1) is 11.1. The van der Waals surface area contributed by atoms with Gasteiger partial charge in [0, 0.05) is 21.3 Å². The number of epoxide rings is 2. The molecule has 8 nitrogen and oxygen atoms in total. The van der Waals surface area contributed by atoms with Gasteiger partial charge in [0.1, 0.15) is 12.2 Å². The number of rotatable bonds is 12. The summed E-state index contributed by atoms with van der Waals surface area (Å²) in [5.41, 5.74) is 11.2. The van der Waals surface area contributed by atoms with E-state index in [4.69, 9.17) is 39.0 Å². The average Bonchev–Trinajstić information content (AvgIpc) is 3.46. The highest BCUT2D eigenvalue weighted by molar-refractivity contribution is 6.62. The molecule has 4 N–H and O–H groups in total. The van der Waals surface area contributed by atoms with Crippen molar-refractivity contribution < 1.29 is 27.5 Å². The average molecular weight is 353 g/mol. The first-order valence-electron chi connectivity index (χ1n) is 8.03. The van der Waals surface area contributed by atoms with Gasteiger partial charge in [-0.05, 0) is 19.4 Å². The minimum absolute atomic E-state index is 0.172. The molecule has 2 fully saturated rings. The van der Waals surface area contributed by atoms with Crippen molar-refractivity contribution in [2.45, 2.75) is 37.1 Å². The molecule has 0 bridgehead atoms. The lowest BCUT2D eigenvalue weighted by Gasteiger charge is -2.29. The molecule has 3 atom stereocenters. The van der Waals surface area contributed by atoms with Gasteiger partial charge >= 0.3 is 8.80 Å². The molecular weight excluding hydrogens is 320 g/mol. The smallest absolute Gasteiger partial charge is 0.376 e. The van der Waals surface area contributed by atoms with Crippen LogP contribution < -0.4 is 11.5 Å². The van der Waals surface area contributed by atoms with E-state index in [2.05, 4.69) is 0 Å². The molecule has 2 rings (SSSR count). The number of ether oxygens (including phenoxy) is 3. The van der Waals surface area contributed by atoms with Gasteiger partial charge in [0.25, 0.3) is 0 Å². The van der Waals surface area contributed by atoms with Gasteiger partial charge in [0.15, 0.2) is 0 Å². The Balaban J connectivity index is 0.000000248. The van der Waals surface area contributed by atoms with Crippen LogP contribution in [0.5, 0.6) is 0 Å². The Morgan fingerprint density at radius 2 is 1.48 bits per heavy atom. The van der Waals surface area contributed by atoms with E-state index in [-0.39, 0.29) is 5.67 Å². The van der Waals surface area contributed by atoms with Crippen LogP contribution in [0.3, 0.4) is 0 Å². The zero-order valence-corrected chi connectivity index (χ0v) is 15.5. The predicted octanol–water partition coefficient (Wildman–Crippen LogP) is -0.339. The Labute approximate surface area is 140 Å². The fourth-order valence-electron chi connectivity index (χ4n) is 2.05. The zero-order chi connectivity index (χ0) is 17.1. The number of nitrogens with two attached hydrogens (primary N) is 2. The maximum Gasteiger partial charge on any atom is 0.517 e. The van der Waals surface area contributed by atoms with Crippen molar-refractivity contribution in [2.24, 2.45) is 11.5 Å². The molecule has 23 heavy (non-hydrogen) atoms. The van der Waals surface area contributed by atoms with Crippen LogP contribution in [0.25, 0.3) is 0 Å². The van der Waals surface area contributed by atoms with E-state index < -0.39 is 8.80 Å². The van der Waals surface area contributed by atoms with Gasteiger partial charge in [0.05, 0.1) is 32.1 Å². The molecular formula is C14H32N2O6Si. The molecule has 9 heteroatoms. The van der Waals surface area contributed by atoms with E-state index in [0.29, 0.717) is 18.8 Å². The van der Waals surface area contributed by atoms with Crippen LogP contribution >= 0.6 is 0 Å². The molecule has 0 aromatic carbocycles. The van der Waals surface area contributed by atoms with Gasteiger partial charge in [-0.1, -0.05) is 6.42 Å². The van der Waals surface area contributed by atoms with E-state index in [0.717, 1.165) is 45.7 Å². The summed E-state index contributed by atoms with van der Waals surface area (Å²) in [5, 5.41) is 0. The minimum atomic E-state index is -2.63. The molecule has 2 aliphatic heterocycles. The Kier molecular flexibility index (Phi) is 10.4. The second-order valence-corrected chi connectivity index (χ2v) is 8.73. The molecule has 2 heterocycles. The monoisotopic (exact) mass is 352 g/mol. The van der Waals surface area contributed by atoms with Crippen LogP contribution in [0.15, 0.2) is 0 Å². The van der Waals surface area contributed by atoms with Crippen LogP contribution in [0.2, 0.25) is 0 Å². The molecule has 3 unspecified atom stereocenters. The topological polar surface area (TPSA) is 114 Å². The Hall–Kier alpha value is -0.103. The van der Waals surface area contributed by atoms with E-state index in [1.54, 1.807) is 21.3 Å². The number of hydrogen-bond acceptors (Lipinski definition) is 8. The number of unbranched alkanes of at least 4 members (excludes halogenated alkanes) is 1. The van der Waals surface area contributed by atoms with Crippen molar-refractivity contribution in [1.29, 1.82) is 0 Å². The van der Waals surface area contributed by atoms with Crippen molar-refractivity contribution in [3.05, 3.63) is 0 Å². The van der Waals surface area contributed by atoms with Crippen LogP contribution in [-0.4, -0.2) is 81.0 Å². The zero-order valence-electron chi connectivity index (χ0n) is 14.5. The van der Waals surface area contributed by atoms with Gasteiger partial charge in [-0.25, -0.2) is 0 Å². The van der Waals surface area contributed by atoms with Gasteiger partial charge < -0.3 is 39.0 Å². The van der Waals surface area contributed by atoms with Gasteiger partial charge in [-0.15, -0.1) is 0 Å². The van der Waals surface area contributed by atoms with E-state index >= 15 is 0 Å². The largest absolute Gasteiger partial charge is 0.517 e. The molecule has 0 aromatic rings. The Bertz CT molecular complexity index is 281. The van der Waals surface area contributed by atoms with Crippen LogP contribution in [0, 0.1) is 0 Å². The van der Waals surface area contributed by atoms with Crippen molar-refractivity contribution in [1.82, 2.24) is 0 Å². The maximum atomic E-state index is 5.97. The Morgan fingerprint density at radius 1 is 1.00 bits per heavy atom. The third-order valence-corrected chi connectivity index (χ3v) is 6.59. The van der Waals surface area contributed by atoms with Crippen LogP contribution in [-0.2, 0) is 27.5 Å². The summed E-state index contributed by atoms with van der Waals surface area (Å²) in [6, 6.07) is 0. The lowest BCUT2D eigenvalue weighted by atomic mass is 10.2. The highest BCUT2D eigenvalue weighted by atomic mass is 28.4. The minimum Gasteiger partial charge on any atom is -0.376 e.